The van der Waals surface area contributed by atoms with Crippen molar-refractivity contribution in [3.05, 3.63) is 47.1 Å². The van der Waals surface area contributed by atoms with Gasteiger partial charge in [-0.1, -0.05) is 11.6 Å². The van der Waals surface area contributed by atoms with Crippen LogP contribution >= 0.6 is 11.6 Å². The Morgan fingerprint density at radius 2 is 2.00 bits per heavy atom. The van der Waals surface area contributed by atoms with E-state index in [1.54, 1.807) is 6.33 Å². The Kier molecular flexibility index (Phi) is 7.18. The number of benzene rings is 1. The van der Waals surface area contributed by atoms with Gasteiger partial charge in [0.25, 0.3) is 0 Å². The molecule has 0 spiro atoms. The molecule has 2 fully saturated rings. The van der Waals surface area contributed by atoms with Crippen LogP contribution in [0.4, 0.5) is 19.0 Å². The minimum atomic E-state index is -4.49. The highest BCUT2D eigenvalue weighted by Crippen LogP contribution is 2.38. The first-order valence-electron chi connectivity index (χ1n) is 13.8. The van der Waals surface area contributed by atoms with Crippen molar-refractivity contribution >= 4 is 39.5 Å². The third-order valence-electron chi connectivity index (χ3n) is 8.03. The predicted octanol–water partition coefficient (Wildman–Crippen LogP) is 6.85. The van der Waals surface area contributed by atoms with Crippen LogP contribution in [0.1, 0.15) is 62.4 Å². The highest BCUT2D eigenvalue weighted by atomic mass is 35.5. The number of alkyl halides is 3. The number of nitrogens with one attached hydrogen (secondary N) is 2. The molecule has 2 atom stereocenters. The van der Waals surface area contributed by atoms with Gasteiger partial charge in [-0.25, -0.2) is 15.0 Å². The summed E-state index contributed by atoms with van der Waals surface area (Å²) in [6, 6.07) is 5.50. The van der Waals surface area contributed by atoms with E-state index in [-0.39, 0.29) is 5.02 Å². The van der Waals surface area contributed by atoms with Gasteiger partial charge in [0.2, 0.25) is 0 Å². The van der Waals surface area contributed by atoms with Gasteiger partial charge in [0.1, 0.15) is 23.6 Å². The maximum Gasteiger partial charge on any atom is 0.417 e. The Labute approximate surface area is 230 Å². The molecular formula is C28H33ClF3N7. The molecule has 0 bridgehead atoms. The zero-order chi connectivity index (χ0) is 27.1. The number of H-pyrrole nitrogens is 1. The van der Waals surface area contributed by atoms with Crippen molar-refractivity contribution in [1.82, 2.24) is 29.4 Å². The number of rotatable bonds is 10. The van der Waals surface area contributed by atoms with Gasteiger partial charge in [-0.05, 0) is 82.7 Å². The second kappa shape index (κ2) is 10.6. The molecular weight excluding hydrogens is 527 g/mol. The van der Waals surface area contributed by atoms with Crippen LogP contribution in [0, 0.1) is 5.92 Å². The standard InChI is InChI=1S/C28H33ClF3N7/c1-38(10-3-2-4-25-36-23-13-21(28(30,31)32)22(29)14-24(23)37-25)15-17-5-8-19(12-17)39-11-9-20-26(35-18-6-7-18)33-16-34-27(20)39/h9,11,13-14,16-19H,2-8,10,12,15H2,1H3,(H,36,37)(H,33,34,35)/t17-,19+/m1/s1. The molecule has 2 aliphatic rings. The summed E-state index contributed by atoms with van der Waals surface area (Å²) in [7, 11) is 2.17. The van der Waals surface area contributed by atoms with Crippen molar-refractivity contribution in [2.45, 2.75) is 69.6 Å². The van der Waals surface area contributed by atoms with Gasteiger partial charge in [0, 0.05) is 31.2 Å². The monoisotopic (exact) mass is 559 g/mol. The van der Waals surface area contributed by atoms with Gasteiger partial charge in [0.15, 0.2) is 0 Å². The SMILES string of the molecule is CN(CCCCc1nc2cc(Cl)c(C(F)(F)F)cc2[nH]1)C[C@@H]1CC[C@H](n2ccc3c(NC4CC4)ncnc32)C1. The number of imidazole rings is 1. The number of fused-ring (bicyclic) bond motifs is 2. The lowest BCUT2D eigenvalue weighted by Crippen LogP contribution is -2.26. The van der Waals surface area contributed by atoms with E-state index >= 15 is 0 Å². The smallest absolute Gasteiger partial charge is 0.367 e. The molecule has 0 amide bonds. The third-order valence-corrected chi connectivity index (χ3v) is 8.35. The van der Waals surface area contributed by atoms with Crippen LogP contribution in [0.2, 0.25) is 5.02 Å². The molecule has 7 nitrogen and oxygen atoms in total. The number of halogens is 4. The van der Waals surface area contributed by atoms with E-state index < -0.39 is 11.7 Å². The molecule has 1 aromatic carbocycles. The van der Waals surface area contributed by atoms with E-state index in [1.165, 1.54) is 25.3 Å². The average Bonchev–Trinajstić information content (AvgIpc) is 3.25. The summed E-state index contributed by atoms with van der Waals surface area (Å²) in [4.78, 5) is 18.9. The van der Waals surface area contributed by atoms with E-state index in [0.29, 0.717) is 41.3 Å². The van der Waals surface area contributed by atoms with Crippen molar-refractivity contribution in [3.8, 4) is 0 Å². The average molecular weight is 560 g/mol. The fraction of sp³-hybridized carbons (Fsp3) is 0.536. The fourth-order valence-corrected chi connectivity index (χ4v) is 6.16. The molecule has 208 valence electrons. The van der Waals surface area contributed by atoms with Crippen LogP contribution in [-0.4, -0.2) is 55.6 Å². The maximum absolute atomic E-state index is 13.1. The molecule has 0 saturated heterocycles. The summed E-state index contributed by atoms with van der Waals surface area (Å²) >= 11 is 5.83. The molecule has 4 aromatic rings. The number of nitrogens with zero attached hydrogens (tertiary/aromatic N) is 5. The number of unbranched alkanes of at least 4 members (excludes halogenated alkanes) is 1. The summed E-state index contributed by atoms with van der Waals surface area (Å²) < 4.78 is 41.7. The number of aromatic amines is 1. The van der Waals surface area contributed by atoms with E-state index in [1.807, 2.05) is 0 Å². The lowest BCUT2D eigenvalue weighted by atomic mass is 10.1. The van der Waals surface area contributed by atoms with E-state index in [0.717, 1.165) is 61.7 Å². The predicted molar refractivity (Wildman–Crippen MR) is 147 cm³/mol. The summed E-state index contributed by atoms with van der Waals surface area (Å²) in [5.74, 6) is 2.29. The minimum absolute atomic E-state index is 0.322. The number of aromatic nitrogens is 5. The Bertz CT molecular complexity index is 1460. The lowest BCUT2D eigenvalue weighted by Gasteiger charge is -2.21. The summed E-state index contributed by atoms with van der Waals surface area (Å²) in [5.41, 5.74) is 1.02. The summed E-state index contributed by atoms with van der Waals surface area (Å²) in [5, 5.41) is 4.31. The topological polar surface area (TPSA) is 74.7 Å². The fourth-order valence-electron chi connectivity index (χ4n) is 5.89. The van der Waals surface area contributed by atoms with Crippen LogP contribution in [-0.2, 0) is 12.6 Å². The first kappa shape index (κ1) is 26.4. The van der Waals surface area contributed by atoms with Crippen LogP contribution in [0.5, 0.6) is 0 Å². The Hall–Kier alpha value is -2.85. The Balaban J connectivity index is 0.975. The zero-order valence-electron chi connectivity index (χ0n) is 21.9. The van der Waals surface area contributed by atoms with Crippen molar-refractivity contribution in [3.63, 3.8) is 0 Å². The van der Waals surface area contributed by atoms with Crippen LogP contribution < -0.4 is 5.32 Å². The number of hydrogen-bond donors (Lipinski definition) is 2. The second-order valence-corrected chi connectivity index (χ2v) is 11.6. The number of hydrogen-bond acceptors (Lipinski definition) is 5. The van der Waals surface area contributed by atoms with Crippen molar-refractivity contribution in [2.24, 2.45) is 5.92 Å². The molecule has 6 rings (SSSR count). The molecule has 11 heteroatoms. The van der Waals surface area contributed by atoms with Crippen LogP contribution in [0.3, 0.4) is 0 Å². The molecule has 2 N–H and O–H groups in total. The van der Waals surface area contributed by atoms with E-state index in [2.05, 4.69) is 54.0 Å². The molecule has 0 radical (unpaired) electrons. The first-order valence-corrected chi connectivity index (χ1v) is 14.1. The van der Waals surface area contributed by atoms with Crippen LogP contribution in [0.15, 0.2) is 30.7 Å². The highest BCUT2D eigenvalue weighted by Gasteiger charge is 2.34. The summed E-state index contributed by atoms with van der Waals surface area (Å²) in [6.07, 6.45) is 7.88. The van der Waals surface area contributed by atoms with Gasteiger partial charge < -0.3 is 19.8 Å². The molecule has 2 saturated carbocycles. The quantitative estimate of drug-likeness (QED) is 0.208. The number of aryl methyl sites for hydroxylation is 1. The van der Waals surface area contributed by atoms with Crippen molar-refractivity contribution in [2.75, 3.05) is 25.5 Å². The van der Waals surface area contributed by atoms with Gasteiger partial charge in [-0.3, -0.25) is 0 Å². The molecule has 0 aliphatic heterocycles. The van der Waals surface area contributed by atoms with Gasteiger partial charge in [0.05, 0.1) is 27.0 Å². The Morgan fingerprint density at radius 3 is 2.79 bits per heavy atom. The molecule has 39 heavy (non-hydrogen) atoms. The molecule has 3 heterocycles. The normalized spacial score (nSPS) is 20.1. The van der Waals surface area contributed by atoms with Crippen molar-refractivity contribution in [1.29, 1.82) is 0 Å². The minimum Gasteiger partial charge on any atom is -0.367 e. The lowest BCUT2D eigenvalue weighted by molar-refractivity contribution is -0.137. The van der Waals surface area contributed by atoms with Gasteiger partial charge in [-0.2, -0.15) is 13.2 Å². The van der Waals surface area contributed by atoms with Gasteiger partial charge in [-0.15, -0.1) is 0 Å². The van der Waals surface area contributed by atoms with Crippen LogP contribution in [0.25, 0.3) is 22.1 Å². The summed E-state index contributed by atoms with van der Waals surface area (Å²) in [6.45, 7) is 2.03. The van der Waals surface area contributed by atoms with E-state index in [9.17, 15) is 13.2 Å². The number of anilines is 1. The maximum atomic E-state index is 13.1. The molecule has 3 aromatic heterocycles. The Morgan fingerprint density at radius 1 is 1.15 bits per heavy atom. The second-order valence-electron chi connectivity index (χ2n) is 11.2. The molecule has 0 unspecified atom stereocenters. The third kappa shape index (κ3) is 5.87. The zero-order valence-corrected chi connectivity index (χ0v) is 22.7. The molecule has 2 aliphatic carbocycles. The van der Waals surface area contributed by atoms with Gasteiger partial charge >= 0.3 is 6.18 Å². The highest BCUT2D eigenvalue weighted by molar-refractivity contribution is 6.32. The largest absolute Gasteiger partial charge is 0.417 e. The van der Waals surface area contributed by atoms with Crippen molar-refractivity contribution < 1.29 is 13.2 Å². The van der Waals surface area contributed by atoms with E-state index in [4.69, 9.17) is 11.6 Å². The first-order chi connectivity index (χ1) is 18.7.